The number of β-lactam (4-membered cyclic amide) rings is 1. The van der Waals surface area contributed by atoms with Gasteiger partial charge in [0.15, 0.2) is 16.5 Å². The average Bonchev–Trinajstić information content (AvgIpc) is 3.65. The maximum Gasteiger partial charge on any atom is 0.352 e. The Hall–Kier alpha value is -4.63. The van der Waals surface area contributed by atoms with Gasteiger partial charge in [0.25, 0.3) is 11.8 Å². The van der Waals surface area contributed by atoms with E-state index in [1.807, 2.05) is 0 Å². The predicted molar refractivity (Wildman–Crippen MR) is 159 cm³/mol. The summed E-state index contributed by atoms with van der Waals surface area (Å²) in [5, 5.41) is 35.5. The Balaban J connectivity index is 1.29. The lowest BCUT2D eigenvalue weighted by atomic mass is 10.0. The number of hydrogen-bond donors (Lipinski definition) is 3. The van der Waals surface area contributed by atoms with Crippen molar-refractivity contribution >= 4 is 81.5 Å². The second-order valence-corrected chi connectivity index (χ2v) is 13.2. The highest BCUT2D eigenvalue weighted by Crippen LogP contribution is 2.41. The third kappa shape index (κ3) is 7.20. The highest BCUT2D eigenvalue weighted by atomic mass is 32.2. The Kier molecular flexibility index (Phi) is 9.29. The number of rotatable bonds is 12. The van der Waals surface area contributed by atoms with Crippen molar-refractivity contribution in [1.82, 2.24) is 40.5 Å². The number of anilines is 1. The number of nitrogens with zero attached hydrogens (tertiary/aromatic N) is 8. The van der Waals surface area contributed by atoms with Gasteiger partial charge in [-0.3, -0.25) is 19.3 Å². The summed E-state index contributed by atoms with van der Waals surface area (Å²) in [6.07, 6.45) is 0.407. The van der Waals surface area contributed by atoms with Crippen LogP contribution in [0.15, 0.2) is 39.0 Å². The molecule has 18 nitrogen and oxygen atoms in total. The molecular formula is C24H24N10O8S3. The maximum atomic E-state index is 13.4. The number of hydrogen-bond acceptors (Lipinski definition) is 16. The van der Waals surface area contributed by atoms with Crippen LogP contribution in [0.1, 0.15) is 26.5 Å². The number of carbonyl (C=O) groups excluding carboxylic acids is 4. The molecule has 0 bridgehead atoms. The standard InChI is InChI=1S/C24H24N10O8S3/c1-24(2,3)42-15(36)6-41-30-16(12-9-45-23(26-12)25-10-35)19(37)27-17-20(38)33-18(22(39)40)11(8-44-21(17)33)7-43-14-5-4-13-28-31-32-34(13)29-14/h4-5,9-10,17,21H,6-8H2,1-3H3,(H,27,37)(H,39,40)(H,25,26,35)/t17?,21-/m0/s1. The number of nitrogens with one attached hydrogen (secondary N) is 2. The third-order valence-electron chi connectivity index (χ3n) is 5.88. The molecule has 5 heterocycles. The van der Waals surface area contributed by atoms with Crippen molar-refractivity contribution in [3.63, 3.8) is 0 Å². The van der Waals surface area contributed by atoms with Crippen LogP contribution >= 0.6 is 34.9 Å². The molecule has 3 aromatic heterocycles. The number of oxime groups is 1. The fourth-order valence-corrected chi connectivity index (χ4v) is 7.09. The SMILES string of the molecule is CC(C)(C)OC(=O)CON=C(C(=O)NC1C(=O)N2C(C(=O)O)=C(CSc3ccc4nnnn4n3)CS[C@@H]12)c1csc(NC=O)n1. The van der Waals surface area contributed by atoms with Crippen LogP contribution in [-0.4, -0.2) is 111 Å². The van der Waals surface area contributed by atoms with Gasteiger partial charge in [-0.25, -0.2) is 14.6 Å². The number of carboxylic acids is 1. The largest absolute Gasteiger partial charge is 0.477 e. The summed E-state index contributed by atoms with van der Waals surface area (Å²) in [6, 6.07) is 2.29. The molecule has 0 aliphatic carbocycles. The number of aromatic nitrogens is 6. The lowest BCUT2D eigenvalue weighted by Crippen LogP contribution is -2.71. The average molecular weight is 677 g/mol. The Bertz CT molecular complexity index is 1730. The van der Waals surface area contributed by atoms with Crippen molar-refractivity contribution in [2.75, 3.05) is 23.4 Å². The molecule has 3 amide bonds. The first-order valence-corrected chi connectivity index (χ1v) is 15.8. The zero-order valence-corrected chi connectivity index (χ0v) is 26.1. The number of aliphatic carboxylic acids is 1. The second kappa shape index (κ2) is 13.2. The molecule has 5 rings (SSSR count). The van der Waals surface area contributed by atoms with E-state index in [1.165, 1.54) is 33.5 Å². The highest BCUT2D eigenvalue weighted by molar-refractivity contribution is 8.01. The summed E-state index contributed by atoms with van der Waals surface area (Å²) in [4.78, 5) is 72.1. The molecule has 1 unspecified atom stereocenters. The number of esters is 1. The molecule has 21 heteroatoms. The van der Waals surface area contributed by atoms with Gasteiger partial charge < -0.3 is 25.3 Å². The topological polar surface area (TPSA) is 233 Å². The van der Waals surface area contributed by atoms with Gasteiger partial charge in [-0.15, -0.1) is 49.7 Å². The number of amides is 3. The summed E-state index contributed by atoms with van der Waals surface area (Å²) in [7, 11) is 0. The molecule has 2 atom stereocenters. The molecule has 3 N–H and O–H groups in total. The second-order valence-electron chi connectivity index (χ2n) is 10.2. The van der Waals surface area contributed by atoms with Crippen LogP contribution in [0.2, 0.25) is 0 Å². The molecule has 45 heavy (non-hydrogen) atoms. The van der Waals surface area contributed by atoms with E-state index >= 15 is 0 Å². The summed E-state index contributed by atoms with van der Waals surface area (Å²) in [5.41, 5.74) is -0.352. The number of carbonyl (C=O) groups is 5. The quantitative estimate of drug-likeness (QED) is 0.0578. The van der Waals surface area contributed by atoms with Crippen LogP contribution < -0.4 is 10.6 Å². The lowest BCUT2D eigenvalue weighted by Gasteiger charge is -2.49. The van der Waals surface area contributed by atoms with Gasteiger partial charge in [-0.05, 0) is 48.9 Å². The molecule has 2 aliphatic rings. The zero-order valence-electron chi connectivity index (χ0n) is 23.7. The highest BCUT2D eigenvalue weighted by Gasteiger charge is 2.54. The number of thiazole rings is 1. The zero-order chi connectivity index (χ0) is 32.3. The van der Waals surface area contributed by atoms with E-state index in [-0.39, 0.29) is 33.7 Å². The molecule has 0 spiro atoms. The fourth-order valence-electron chi connectivity index (χ4n) is 4.10. The lowest BCUT2D eigenvalue weighted by molar-refractivity contribution is -0.160. The Morgan fingerprint density at radius 2 is 2.09 bits per heavy atom. The summed E-state index contributed by atoms with van der Waals surface area (Å²) in [5.74, 6) is -3.01. The van der Waals surface area contributed by atoms with Crippen LogP contribution in [0.4, 0.5) is 5.13 Å². The monoisotopic (exact) mass is 676 g/mol. The van der Waals surface area contributed by atoms with E-state index in [0.29, 0.717) is 22.7 Å². The van der Waals surface area contributed by atoms with Crippen molar-refractivity contribution in [3.05, 3.63) is 34.5 Å². The molecule has 0 aromatic carbocycles. The van der Waals surface area contributed by atoms with Crippen LogP contribution in [0, 0.1) is 0 Å². The minimum Gasteiger partial charge on any atom is -0.477 e. The molecule has 236 valence electrons. The first-order chi connectivity index (χ1) is 21.4. The molecule has 0 saturated carbocycles. The minimum atomic E-state index is -1.28. The smallest absolute Gasteiger partial charge is 0.352 e. The van der Waals surface area contributed by atoms with Crippen LogP contribution in [-0.2, 0) is 33.5 Å². The van der Waals surface area contributed by atoms with Crippen LogP contribution in [0.5, 0.6) is 0 Å². The normalized spacial score (nSPS) is 18.2. The molecular weight excluding hydrogens is 653 g/mol. The fraction of sp³-hybridized carbons (Fsp3) is 0.375. The summed E-state index contributed by atoms with van der Waals surface area (Å²) >= 11 is 3.55. The third-order valence-corrected chi connectivity index (χ3v) is 9.00. The number of thioether (sulfide) groups is 2. The van der Waals surface area contributed by atoms with Crippen molar-refractivity contribution in [3.8, 4) is 0 Å². The number of carboxylic acid groups (broad SMARTS) is 1. The van der Waals surface area contributed by atoms with Gasteiger partial charge >= 0.3 is 11.9 Å². The number of fused-ring (bicyclic) bond motifs is 2. The first-order valence-electron chi connectivity index (χ1n) is 12.9. The summed E-state index contributed by atoms with van der Waals surface area (Å²) < 4.78 is 6.41. The molecule has 1 fully saturated rings. The van der Waals surface area contributed by atoms with E-state index in [0.717, 1.165) is 16.2 Å². The summed E-state index contributed by atoms with van der Waals surface area (Å²) in [6.45, 7) is 4.41. The van der Waals surface area contributed by atoms with E-state index in [4.69, 9.17) is 9.57 Å². The Morgan fingerprint density at radius 3 is 2.82 bits per heavy atom. The predicted octanol–water partition coefficient (Wildman–Crippen LogP) is 0.137. The van der Waals surface area contributed by atoms with Crippen molar-refractivity contribution in [2.24, 2.45) is 5.16 Å². The van der Waals surface area contributed by atoms with Crippen LogP contribution in [0.3, 0.4) is 0 Å². The minimum absolute atomic E-state index is 0.00451. The molecule has 0 radical (unpaired) electrons. The van der Waals surface area contributed by atoms with Crippen molar-refractivity contribution in [1.29, 1.82) is 0 Å². The van der Waals surface area contributed by atoms with Crippen molar-refractivity contribution < 1.29 is 38.7 Å². The first kappa shape index (κ1) is 31.8. The van der Waals surface area contributed by atoms with Gasteiger partial charge in [0, 0.05) is 16.9 Å². The van der Waals surface area contributed by atoms with E-state index in [9.17, 15) is 29.1 Å². The number of ether oxygens (including phenoxy) is 1. The van der Waals surface area contributed by atoms with Crippen LogP contribution in [0.25, 0.3) is 5.65 Å². The van der Waals surface area contributed by atoms with Gasteiger partial charge in [-0.1, -0.05) is 5.16 Å². The van der Waals surface area contributed by atoms with Gasteiger partial charge in [-0.2, -0.15) is 0 Å². The van der Waals surface area contributed by atoms with Gasteiger partial charge in [0.1, 0.15) is 33.4 Å². The van der Waals surface area contributed by atoms with Gasteiger partial charge in [0.2, 0.25) is 13.0 Å². The van der Waals surface area contributed by atoms with E-state index < -0.39 is 47.4 Å². The Morgan fingerprint density at radius 1 is 1.29 bits per heavy atom. The molecule has 2 aliphatic heterocycles. The maximum absolute atomic E-state index is 13.4. The van der Waals surface area contributed by atoms with E-state index in [1.54, 1.807) is 32.9 Å². The molecule has 3 aromatic rings. The van der Waals surface area contributed by atoms with E-state index in [2.05, 4.69) is 41.4 Å². The molecule has 1 saturated heterocycles. The number of tetrazole rings is 1. The Labute approximate surface area is 266 Å². The van der Waals surface area contributed by atoms with Crippen molar-refractivity contribution in [2.45, 2.75) is 42.8 Å². The van der Waals surface area contributed by atoms with Gasteiger partial charge in [0.05, 0.1) is 0 Å².